The molecule has 2 aromatic rings. The first kappa shape index (κ1) is 18.7. The highest BCUT2D eigenvalue weighted by molar-refractivity contribution is 7.90. The van der Waals surface area contributed by atoms with Gasteiger partial charge in [-0.15, -0.1) is 0 Å². The fraction of sp³-hybridized carbons (Fsp3) is 0.333. The van der Waals surface area contributed by atoms with E-state index in [1.54, 1.807) is 24.4 Å². The molecule has 4 rings (SSSR count). The second-order valence-electron chi connectivity index (χ2n) is 8.32. The Kier molecular flexibility index (Phi) is 3.94. The minimum atomic E-state index is -3.38. The Morgan fingerprint density at radius 2 is 1.86 bits per heavy atom. The van der Waals surface area contributed by atoms with E-state index in [1.165, 1.54) is 6.26 Å². The summed E-state index contributed by atoms with van der Waals surface area (Å²) in [5.41, 5.74) is 1.81. The van der Waals surface area contributed by atoms with Crippen molar-refractivity contribution >= 4 is 21.6 Å². The van der Waals surface area contributed by atoms with Crippen LogP contribution in [0.25, 0.3) is 0 Å². The lowest BCUT2D eigenvalue weighted by molar-refractivity contribution is -0.120. The minimum absolute atomic E-state index is 0.152. The average Bonchev–Trinajstić information content (AvgIpc) is 2.59. The lowest BCUT2D eigenvalue weighted by Crippen LogP contribution is -2.54. The van der Waals surface area contributed by atoms with Crippen molar-refractivity contribution in [3.05, 3.63) is 65.0 Å². The third kappa shape index (κ3) is 2.81. The molecule has 1 atom stereocenters. The van der Waals surface area contributed by atoms with Crippen LogP contribution in [-0.4, -0.2) is 31.1 Å². The molecule has 7 heteroatoms. The molecular weight excluding hydrogens is 374 g/mol. The maximum absolute atomic E-state index is 13.2. The normalized spacial score (nSPS) is 23.4. The van der Waals surface area contributed by atoms with Crippen LogP contribution >= 0.6 is 0 Å². The Hall–Kier alpha value is -2.67. The van der Waals surface area contributed by atoms with Gasteiger partial charge >= 0.3 is 0 Å². The molecule has 28 heavy (non-hydrogen) atoms. The van der Waals surface area contributed by atoms with E-state index in [-0.39, 0.29) is 16.3 Å². The number of hydrogen-bond acceptors (Lipinski definition) is 5. The molecule has 0 bridgehead atoms. The van der Waals surface area contributed by atoms with Gasteiger partial charge in [0.15, 0.2) is 9.84 Å². The number of carbonyl (C=O) groups excluding carboxylic acids is 1. The van der Waals surface area contributed by atoms with Crippen LogP contribution in [0.2, 0.25) is 0 Å². The van der Waals surface area contributed by atoms with Crippen molar-refractivity contribution in [1.82, 2.24) is 10.3 Å². The van der Waals surface area contributed by atoms with E-state index < -0.39 is 15.3 Å². The molecule has 6 nitrogen and oxygen atoms in total. The largest absolute Gasteiger partial charge is 0.347 e. The van der Waals surface area contributed by atoms with Crippen molar-refractivity contribution < 1.29 is 13.2 Å². The number of fused-ring (bicyclic) bond motifs is 1. The van der Waals surface area contributed by atoms with Gasteiger partial charge in [-0.2, -0.15) is 0 Å². The molecule has 0 spiro atoms. The molecule has 1 amide bonds. The van der Waals surface area contributed by atoms with E-state index in [0.717, 1.165) is 16.8 Å². The summed E-state index contributed by atoms with van der Waals surface area (Å²) >= 11 is 0. The van der Waals surface area contributed by atoms with Gasteiger partial charge in [-0.05, 0) is 44.5 Å². The molecule has 2 N–H and O–H groups in total. The zero-order valence-electron chi connectivity index (χ0n) is 16.3. The maximum Gasteiger partial charge on any atom is 0.250 e. The lowest BCUT2D eigenvalue weighted by atomic mass is 9.66. The summed E-state index contributed by atoms with van der Waals surface area (Å²) in [7, 11) is -3.38. The van der Waals surface area contributed by atoms with Crippen molar-refractivity contribution in [3.63, 3.8) is 0 Å². The fourth-order valence-electron chi connectivity index (χ4n) is 4.24. The summed E-state index contributed by atoms with van der Waals surface area (Å²) in [6.45, 7) is 5.92. The zero-order valence-corrected chi connectivity index (χ0v) is 17.1. The van der Waals surface area contributed by atoms with Gasteiger partial charge in [-0.3, -0.25) is 4.79 Å². The van der Waals surface area contributed by atoms with Crippen molar-refractivity contribution in [2.75, 3.05) is 11.6 Å². The Morgan fingerprint density at radius 3 is 2.57 bits per heavy atom. The molecule has 146 valence electrons. The zero-order chi connectivity index (χ0) is 20.3. The first-order valence-electron chi connectivity index (χ1n) is 9.12. The number of nitrogens with zero attached hydrogens (tertiary/aromatic N) is 1. The number of rotatable bonds is 2. The first-order chi connectivity index (χ1) is 13.0. The Morgan fingerprint density at radius 1 is 1.11 bits per heavy atom. The Labute approximate surface area is 165 Å². The molecule has 1 aromatic heterocycles. The Balaban J connectivity index is 2.02. The van der Waals surface area contributed by atoms with Crippen LogP contribution in [0, 0.1) is 0 Å². The van der Waals surface area contributed by atoms with Crippen LogP contribution in [0.3, 0.4) is 0 Å². The second-order valence-corrected chi connectivity index (χ2v) is 10.3. The standard InChI is InChI=1S/C21H23N3O3S/c1-20(2)12-16-17(19(25)24-20)21(3,15-9-6-10-22-18(15)23-16)13-7-5-8-14(11-13)28(4,26)27/h5-11H,12H2,1-4H3,(H,22,23)(H,24,25)/t21-/m1/s1. The smallest absolute Gasteiger partial charge is 0.250 e. The van der Waals surface area contributed by atoms with Crippen LogP contribution in [0.5, 0.6) is 0 Å². The van der Waals surface area contributed by atoms with Crippen molar-refractivity contribution in [1.29, 1.82) is 0 Å². The van der Waals surface area contributed by atoms with Crippen LogP contribution in [0.1, 0.15) is 38.3 Å². The number of anilines is 1. The molecule has 3 heterocycles. The molecule has 0 fully saturated rings. The number of benzene rings is 1. The number of sulfone groups is 1. The van der Waals surface area contributed by atoms with Gasteiger partial charge in [0.05, 0.1) is 15.9 Å². The summed E-state index contributed by atoms with van der Waals surface area (Å²) in [4.78, 5) is 17.9. The topological polar surface area (TPSA) is 88.2 Å². The van der Waals surface area contributed by atoms with Gasteiger partial charge in [0, 0.05) is 35.7 Å². The number of amides is 1. The monoisotopic (exact) mass is 397 g/mol. The van der Waals surface area contributed by atoms with Gasteiger partial charge in [-0.1, -0.05) is 18.2 Å². The van der Waals surface area contributed by atoms with Crippen molar-refractivity contribution in [3.8, 4) is 0 Å². The summed E-state index contributed by atoms with van der Waals surface area (Å²) in [6.07, 6.45) is 3.52. The third-order valence-corrected chi connectivity index (χ3v) is 6.66. The highest BCUT2D eigenvalue weighted by Crippen LogP contribution is 2.49. The first-order valence-corrected chi connectivity index (χ1v) is 11.0. The second kappa shape index (κ2) is 5.91. The van der Waals surface area contributed by atoms with Crippen LogP contribution in [0.15, 0.2) is 58.8 Å². The number of pyridine rings is 1. The molecule has 0 saturated carbocycles. The van der Waals surface area contributed by atoms with Gasteiger partial charge in [0.25, 0.3) is 5.91 Å². The predicted molar refractivity (Wildman–Crippen MR) is 108 cm³/mol. The predicted octanol–water partition coefficient (Wildman–Crippen LogP) is 2.77. The highest BCUT2D eigenvalue weighted by Gasteiger charge is 2.48. The molecular formula is C21H23N3O3S. The summed E-state index contributed by atoms with van der Waals surface area (Å²) < 4.78 is 24.3. The maximum atomic E-state index is 13.2. The Bertz CT molecular complexity index is 1140. The van der Waals surface area contributed by atoms with E-state index >= 15 is 0 Å². The molecule has 0 saturated heterocycles. The van der Waals surface area contributed by atoms with E-state index in [4.69, 9.17) is 0 Å². The van der Waals surface area contributed by atoms with Gasteiger partial charge < -0.3 is 10.6 Å². The number of aromatic nitrogens is 1. The fourth-order valence-corrected chi connectivity index (χ4v) is 4.91. The number of hydrogen-bond donors (Lipinski definition) is 2. The van der Waals surface area contributed by atoms with E-state index in [2.05, 4.69) is 15.6 Å². The molecule has 0 radical (unpaired) electrons. The molecule has 2 aliphatic rings. The van der Waals surface area contributed by atoms with E-state index in [9.17, 15) is 13.2 Å². The van der Waals surface area contributed by atoms with Crippen molar-refractivity contribution in [2.24, 2.45) is 0 Å². The summed E-state index contributed by atoms with van der Waals surface area (Å²) in [5, 5.41) is 6.42. The summed E-state index contributed by atoms with van der Waals surface area (Å²) in [5.74, 6) is 0.541. The quantitative estimate of drug-likeness (QED) is 0.814. The van der Waals surface area contributed by atoms with Crippen LogP contribution < -0.4 is 10.6 Å². The minimum Gasteiger partial charge on any atom is -0.347 e. The summed E-state index contributed by atoms with van der Waals surface area (Å²) in [6, 6.07) is 10.6. The molecule has 2 aliphatic heterocycles. The number of nitrogens with one attached hydrogen (secondary N) is 2. The van der Waals surface area contributed by atoms with Crippen LogP contribution in [0.4, 0.5) is 5.82 Å². The third-order valence-electron chi connectivity index (χ3n) is 5.55. The molecule has 0 aliphatic carbocycles. The van der Waals surface area contributed by atoms with E-state index in [1.807, 2.05) is 39.0 Å². The van der Waals surface area contributed by atoms with Crippen molar-refractivity contribution in [2.45, 2.75) is 43.0 Å². The van der Waals surface area contributed by atoms with Gasteiger partial charge in [-0.25, -0.2) is 13.4 Å². The molecule has 0 unspecified atom stereocenters. The average molecular weight is 398 g/mol. The number of carbonyl (C=O) groups is 1. The SMILES string of the molecule is CC1(C)CC2=C(C(=O)N1)[C@](C)(c1cccc(S(C)(=O)=O)c1)c1cccnc1N2. The van der Waals surface area contributed by atoms with Crippen LogP contribution in [-0.2, 0) is 20.0 Å². The van der Waals surface area contributed by atoms with Gasteiger partial charge in [0.1, 0.15) is 5.82 Å². The molecule has 1 aromatic carbocycles. The van der Waals surface area contributed by atoms with Gasteiger partial charge in [0.2, 0.25) is 0 Å². The lowest BCUT2D eigenvalue weighted by Gasteiger charge is -2.45. The highest BCUT2D eigenvalue weighted by atomic mass is 32.2. The van der Waals surface area contributed by atoms with E-state index in [0.29, 0.717) is 17.8 Å².